The second-order valence-corrected chi connectivity index (χ2v) is 15.5. The number of nitrogens with zero attached hydrogens (tertiary/aromatic N) is 1. The Balaban J connectivity index is 3.94. The van der Waals surface area contributed by atoms with Crippen molar-refractivity contribution in [3.8, 4) is 6.07 Å². The summed E-state index contributed by atoms with van der Waals surface area (Å²) >= 11 is -1.66. The molecule has 0 amide bonds. The zero-order valence-corrected chi connectivity index (χ0v) is 12.2. The maximum atomic E-state index is 8.96. The third kappa shape index (κ3) is 8.37. The van der Waals surface area contributed by atoms with Gasteiger partial charge in [-0.1, -0.05) is 0 Å². The minimum atomic E-state index is -1.66. The molecule has 0 aromatic rings. The SMILES string of the molecule is CCCCCC/C(C#N)=[CH]/[Ge]([CH3])([CH3])[CH3]. The topological polar surface area (TPSA) is 23.8 Å². The second-order valence-electron chi connectivity index (χ2n) is 4.96. The van der Waals surface area contributed by atoms with Gasteiger partial charge in [-0.3, -0.25) is 0 Å². The van der Waals surface area contributed by atoms with E-state index in [-0.39, 0.29) is 0 Å². The van der Waals surface area contributed by atoms with Crippen LogP contribution in [0.25, 0.3) is 0 Å². The molecule has 0 spiro atoms. The first-order valence-corrected chi connectivity index (χ1v) is 13.1. The van der Waals surface area contributed by atoms with E-state index in [1.807, 2.05) is 0 Å². The molecule has 0 N–H and O–H groups in total. The third-order valence-corrected chi connectivity index (χ3v) is 4.60. The van der Waals surface area contributed by atoms with Crippen LogP contribution < -0.4 is 0 Å². The molecule has 0 aromatic carbocycles. The summed E-state index contributed by atoms with van der Waals surface area (Å²) in [5.74, 6) is 6.97. The van der Waals surface area contributed by atoms with E-state index in [4.69, 9.17) is 5.26 Å². The van der Waals surface area contributed by atoms with Gasteiger partial charge in [-0.05, 0) is 0 Å². The average molecular weight is 254 g/mol. The van der Waals surface area contributed by atoms with Crippen LogP contribution in [0.5, 0.6) is 0 Å². The molecule has 0 bridgehead atoms. The number of hydrogen-bond donors (Lipinski definition) is 0. The van der Waals surface area contributed by atoms with Crippen LogP contribution in [-0.2, 0) is 0 Å². The van der Waals surface area contributed by atoms with E-state index < -0.39 is 13.3 Å². The van der Waals surface area contributed by atoms with Gasteiger partial charge in [0, 0.05) is 0 Å². The first kappa shape index (κ1) is 13.8. The van der Waals surface area contributed by atoms with Gasteiger partial charge in [0.1, 0.15) is 0 Å². The molecule has 0 radical (unpaired) electrons. The molecule has 0 saturated heterocycles. The van der Waals surface area contributed by atoms with E-state index in [9.17, 15) is 0 Å². The molecule has 2 heteroatoms. The number of hydrogen-bond acceptors (Lipinski definition) is 1. The van der Waals surface area contributed by atoms with Gasteiger partial charge in [0.15, 0.2) is 0 Å². The molecule has 0 unspecified atom stereocenters. The Kier molecular flexibility index (Phi) is 7.00. The zero-order valence-electron chi connectivity index (χ0n) is 10.1. The quantitative estimate of drug-likeness (QED) is 0.394. The predicted molar refractivity (Wildman–Crippen MR) is 65.8 cm³/mol. The van der Waals surface area contributed by atoms with E-state index in [2.05, 4.69) is 35.2 Å². The molecule has 14 heavy (non-hydrogen) atoms. The number of allylic oxidation sites excluding steroid dienone is 1. The van der Waals surface area contributed by atoms with Gasteiger partial charge in [-0.15, -0.1) is 0 Å². The Labute approximate surface area is 91.6 Å². The van der Waals surface area contributed by atoms with Gasteiger partial charge in [0.2, 0.25) is 0 Å². The van der Waals surface area contributed by atoms with Crippen molar-refractivity contribution in [3.05, 3.63) is 10.5 Å². The molecule has 0 fully saturated rings. The minimum absolute atomic E-state index is 0.999. The number of rotatable bonds is 6. The molecule has 0 saturated carbocycles. The Morgan fingerprint density at radius 3 is 2.29 bits per heavy atom. The molecular formula is C12H23GeN. The third-order valence-electron chi connectivity index (χ3n) is 2.05. The molecule has 0 aliphatic heterocycles. The number of unbranched alkanes of at least 4 members (excludes halogenated alkanes) is 3. The molecule has 0 rings (SSSR count). The summed E-state index contributed by atoms with van der Waals surface area (Å²) in [6.45, 7) is 2.21. The Bertz CT molecular complexity index is 217. The fraction of sp³-hybridized carbons (Fsp3) is 0.750. The molecule has 0 aromatic heterocycles. The van der Waals surface area contributed by atoms with E-state index in [1.54, 1.807) is 0 Å². The molecule has 1 nitrogen and oxygen atoms in total. The van der Waals surface area contributed by atoms with Gasteiger partial charge in [0.05, 0.1) is 0 Å². The summed E-state index contributed by atoms with van der Waals surface area (Å²) in [4.78, 5) is 2.28. The van der Waals surface area contributed by atoms with Crippen molar-refractivity contribution in [1.29, 1.82) is 5.26 Å². The van der Waals surface area contributed by atoms with E-state index in [1.165, 1.54) is 25.7 Å². The van der Waals surface area contributed by atoms with E-state index in [0.29, 0.717) is 0 Å². The van der Waals surface area contributed by atoms with Crippen LogP contribution in [0.3, 0.4) is 0 Å². The molecular weight excluding hydrogens is 231 g/mol. The van der Waals surface area contributed by atoms with Gasteiger partial charge in [-0.25, -0.2) is 0 Å². The second kappa shape index (κ2) is 7.12. The van der Waals surface area contributed by atoms with Gasteiger partial charge in [0.25, 0.3) is 0 Å². The summed E-state index contributed by atoms with van der Waals surface area (Å²) in [6.07, 6.45) is 6.02. The Morgan fingerprint density at radius 1 is 1.21 bits per heavy atom. The maximum absolute atomic E-state index is 8.96. The summed E-state index contributed by atoms with van der Waals surface area (Å²) in [5, 5.41) is 8.96. The van der Waals surface area contributed by atoms with Crippen LogP contribution >= 0.6 is 0 Å². The standard InChI is InChI=1S/C12H23GeN/c1-5-6-7-8-9-12(11-14)10-13(2,3)4/h10H,5-9H2,1-4H3/b12-10-. The first-order valence-electron chi connectivity index (χ1n) is 5.61. The fourth-order valence-corrected chi connectivity index (χ4v) is 4.06. The van der Waals surface area contributed by atoms with Gasteiger partial charge < -0.3 is 0 Å². The molecule has 0 heterocycles. The van der Waals surface area contributed by atoms with E-state index >= 15 is 0 Å². The Hall–Kier alpha value is -0.227. The van der Waals surface area contributed by atoms with Crippen molar-refractivity contribution in [2.45, 2.75) is 56.3 Å². The summed E-state index contributed by atoms with van der Waals surface area (Å²) in [7, 11) is 0. The normalized spacial score (nSPS) is 12.6. The van der Waals surface area contributed by atoms with Crippen LogP contribution in [0.4, 0.5) is 0 Å². The fourth-order valence-electron chi connectivity index (χ4n) is 1.43. The first-order chi connectivity index (χ1) is 6.49. The molecule has 0 aliphatic carbocycles. The average Bonchev–Trinajstić information content (AvgIpc) is 2.08. The number of nitriles is 1. The van der Waals surface area contributed by atoms with Crippen LogP contribution in [0.2, 0.25) is 17.3 Å². The van der Waals surface area contributed by atoms with Crippen molar-refractivity contribution in [2.24, 2.45) is 0 Å². The van der Waals surface area contributed by atoms with Crippen molar-refractivity contribution < 1.29 is 0 Å². The van der Waals surface area contributed by atoms with Gasteiger partial charge >= 0.3 is 91.4 Å². The van der Waals surface area contributed by atoms with Crippen molar-refractivity contribution >= 4 is 13.3 Å². The summed E-state index contributed by atoms with van der Waals surface area (Å²) < 4.78 is 0. The predicted octanol–water partition coefficient (Wildman–Crippen LogP) is 4.28. The molecule has 80 valence electrons. The van der Waals surface area contributed by atoms with Crippen LogP contribution in [0.1, 0.15) is 39.0 Å². The zero-order chi connectivity index (χ0) is 11.0. The molecule has 0 atom stereocenters. The van der Waals surface area contributed by atoms with Crippen LogP contribution in [-0.4, -0.2) is 13.3 Å². The monoisotopic (exact) mass is 255 g/mol. The summed E-state index contributed by atoms with van der Waals surface area (Å²) in [6, 6.07) is 2.34. The van der Waals surface area contributed by atoms with Crippen molar-refractivity contribution in [1.82, 2.24) is 0 Å². The van der Waals surface area contributed by atoms with Crippen LogP contribution in [0.15, 0.2) is 10.5 Å². The van der Waals surface area contributed by atoms with Gasteiger partial charge in [-0.2, -0.15) is 0 Å². The van der Waals surface area contributed by atoms with E-state index in [0.717, 1.165) is 12.0 Å². The van der Waals surface area contributed by atoms with Crippen molar-refractivity contribution in [3.63, 3.8) is 0 Å². The molecule has 0 aliphatic rings. The summed E-state index contributed by atoms with van der Waals surface area (Å²) in [5.41, 5.74) is 1.04. The van der Waals surface area contributed by atoms with Crippen molar-refractivity contribution in [2.75, 3.05) is 0 Å². The Morgan fingerprint density at radius 2 is 1.86 bits per heavy atom. The van der Waals surface area contributed by atoms with Crippen LogP contribution in [0, 0.1) is 11.3 Å².